The lowest BCUT2D eigenvalue weighted by atomic mass is 9.99. The standard InChI is InChI=1S/C18H25NO7/c1-6-11(2)16(18(22)25-5)19-15(20)10-26-17(21)12-7-8-13(23-3)14(9-12)24-4/h7-9,11,16H,6,10H2,1-5H3,(H,19,20). The summed E-state index contributed by atoms with van der Waals surface area (Å²) in [5.74, 6) is -1.11. The Morgan fingerprint density at radius 3 is 2.27 bits per heavy atom. The van der Waals surface area contributed by atoms with Gasteiger partial charge in [-0.3, -0.25) is 4.79 Å². The molecule has 0 fully saturated rings. The van der Waals surface area contributed by atoms with Gasteiger partial charge in [0, 0.05) is 0 Å². The van der Waals surface area contributed by atoms with Gasteiger partial charge in [-0.15, -0.1) is 0 Å². The summed E-state index contributed by atoms with van der Waals surface area (Å²) in [6.07, 6.45) is 0.672. The zero-order valence-corrected chi connectivity index (χ0v) is 15.7. The van der Waals surface area contributed by atoms with Crippen molar-refractivity contribution in [1.29, 1.82) is 0 Å². The molecule has 0 aromatic heterocycles. The van der Waals surface area contributed by atoms with E-state index in [1.54, 1.807) is 6.07 Å². The van der Waals surface area contributed by atoms with Gasteiger partial charge in [0.2, 0.25) is 0 Å². The fourth-order valence-corrected chi connectivity index (χ4v) is 2.19. The number of esters is 2. The predicted molar refractivity (Wildman–Crippen MR) is 93.2 cm³/mol. The molecule has 0 aliphatic carbocycles. The molecule has 2 unspecified atom stereocenters. The summed E-state index contributed by atoms with van der Waals surface area (Å²) in [4.78, 5) is 35.9. The van der Waals surface area contributed by atoms with Crippen LogP contribution in [0.2, 0.25) is 0 Å². The van der Waals surface area contributed by atoms with E-state index in [1.165, 1.54) is 33.5 Å². The van der Waals surface area contributed by atoms with Gasteiger partial charge in [0.05, 0.1) is 26.9 Å². The van der Waals surface area contributed by atoms with E-state index in [1.807, 2.05) is 13.8 Å². The summed E-state index contributed by atoms with van der Waals surface area (Å²) < 4.78 is 19.9. The molecule has 0 saturated heterocycles. The van der Waals surface area contributed by atoms with Crippen molar-refractivity contribution in [1.82, 2.24) is 5.32 Å². The number of hydrogen-bond donors (Lipinski definition) is 1. The van der Waals surface area contributed by atoms with Gasteiger partial charge < -0.3 is 24.3 Å². The Balaban J connectivity index is 2.68. The normalized spacial score (nSPS) is 12.5. The van der Waals surface area contributed by atoms with Crippen LogP contribution in [0.5, 0.6) is 11.5 Å². The molecule has 1 N–H and O–H groups in total. The highest BCUT2D eigenvalue weighted by atomic mass is 16.5. The van der Waals surface area contributed by atoms with Crippen molar-refractivity contribution < 1.29 is 33.3 Å². The lowest BCUT2D eigenvalue weighted by Gasteiger charge is -2.21. The number of rotatable bonds is 9. The molecule has 0 bridgehead atoms. The zero-order chi connectivity index (χ0) is 19.7. The number of hydrogen-bond acceptors (Lipinski definition) is 7. The number of amides is 1. The largest absolute Gasteiger partial charge is 0.493 e. The second-order valence-electron chi connectivity index (χ2n) is 5.60. The summed E-state index contributed by atoms with van der Waals surface area (Å²) in [6.45, 7) is 3.19. The van der Waals surface area contributed by atoms with Crippen LogP contribution in [-0.2, 0) is 19.1 Å². The first-order valence-electron chi connectivity index (χ1n) is 8.14. The molecule has 0 radical (unpaired) electrons. The van der Waals surface area contributed by atoms with Crippen LogP contribution in [0.4, 0.5) is 0 Å². The number of nitrogens with one attached hydrogen (secondary N) is 1. The average molecular weight is 367 g/mol. The molecule has 0 heterocycles. The van der Waals surface area contributed by atoms with E-state index in [9.17, 15) is 14.4 Å². The van der Waals surface area contributed by atoms with E-state index >= 15 is 0 Å². The Kier molecular flexibility index (Phi) is 8.41. The molecule has 0 saturated carbocycles. The summed E-state index contributed by atoms with van der Waals surface area (Å²) in [6, 6.07) is 3.72. The third-order valence-corrected chi connectivity index (χ3v) is 3.94. The van der Waals surface area contributed by atoms with Crippen molar-refractivity contribution in [3.05, 3.63) is 23.8 Å². The number of ether oxygens (including phenoxy) is 4. The van der Waals surface area contributed by atoms with Crippen LogP contribution in [0.15, 0.2) is 18.2 Å². The van der Waals surface area contributed by atoms with Gasteiger partial charge in [0.25, 0.3) is 5.91 Å². The molecule has 1 aromatic rings. The molecule has 144 valence electrons. The quantitative estimate of drug-likeness (QED) is 0.661. The third-order valence-electron chi connectivity index (χ3n) is 3.94. The minimum atomic E-state index is -0.794. The smallest absolute Gasteiger partial charge is 0.338 e. The first kappa shape index (κ1) is 21.3. The molecular formula is C18H25NO7. The van der Waals surface area contributed by atoms with E-state index in [4.69, 9.17) is 18.9 Å². The molecule has 0 spiro atoms. The number of methoxy groups -OCH3 is 3. The van der Waals surface area contributed by atoms with E-state index < -0.39 is 30.5 Å². The molecule has 0 aliphatic heterocycles. The van der Waals surface area contributed by atoms with Crippen molar-refractivity contribution >= 4 is 17.8 Å². The molecule has 2 atom stereocenters. The first-order chi connectivity index (χ1) is 12.4. The van der Waals surface area contributed by atoms with E-state index in [0.29, 0.717) is 17.9 Å². The molecule has 1 amide bonds. The van der Waals surface area contributed by atoms with E-state index in [-0.39, 0.29) is 11.5 Å². The Morgan fingerprint density at radius 1 is 1.08 bits per heavy atom. The fraction of sp³-hybridized carbons (Fsp3) is 0.500. The molecule has 1 aromatic carbocycles. The monoisotopic (exact) mass is 367 g/mol. The Hall–Kier alpha value is -2.77. The van der Waals surface area contributed by atoms with Gasteiger partial charge in [0.15, 0.2) is 18.1 Å². The minimum Gasteiger partial charge on any atom is -0.493 e. The topological polar surface area (TPSA) is 100 Å². The second kappa shape index (κ2) is 10.3. The van der Waals surface area contributed by atoms with Gasteiger partial charge in [0.1, 0.15) is 6.04 Å². The number of carbonyl (C=O) groups excluding carboxylic acids is 3. The van der Waals surface area contributed by atoms with Crippen molar-refractivity contribution in [2.75, 3.05) is 27.9 Å². The molecule has 26 heavy (non-hydrogen) atoms. The summed E-state index contributed by atoms with van der Waals surface area (Å²) in [7, 11) is 4.18. The Bertz CT molecular complexity index is 644. The number of carbonyl (C=O) groups is 3. The SMILES string of the molecule is CCC(C)C(NC(=O)COC(=O)c1ccc(OC)c(OC)c1)C(=O)OC. The van der Waals surface area contributed by atoms with Crippen LogP contribution in [-0.4, -0.2) is 51.8 Å². The third kappa shape index (κ3) is 5.65. The Labute approximate surface area is 152 Å². The highest BCUT2D eigenvalue weighted by Crippen LogP contribution is 2.27. The maximum atomic E-state index is 12.1. The highest BCUT2D eigenvalue weighted by Gasteiger charge is 2.27. The van der Waals surface area contributed by atoms with E-state index in [0.717, 1.165) is 0 Å². The van der Waals surface area contributed by atoms with Gasteiger partial charge in [-0.05, 0) is 24.1 Å². The van der Waals surface area contributed by atoms with Crippen LogP contribution in [0.1, 0.15) is 30.6 Å². The second-order valence-corrected chi connectivity index (χ2v) is 5.60. The molecular weight excluding hydrogens is 342 g/mol. The first-order valence-corrected chi connectivity index (χ1v) is 8.14. The maximum Gasteiger partial charge on any atom is 0.338 e. The summed E-state index contributed by atoms with van der Waals surface area (Å²) >= 11 is 0. The van der Waals surface area contributed by atoms with Gasteiger partial charge >= 0.3 is 11.9 Å². The van der Waals surface area contributed by atoms with Gasteiger partial charge in [-0.2, -0.15) is 0 Å². The highest BCUT2D eigenvalue weighted by molar-refractivity contribution is 5.92. The van der Waals surface area contributed by atoms with Gasteiger partial charge in [-0.1, -0.05) is 20.3 Å². The van der Waals surface area contributed by atoms with Crippen LogP contribution in [0, 0.1) is 5.92 Å². The van der Waals surface area contributed by atoms with Crippen LogP contribution in [0.3, 0.4) is 0 Å². The minimum absolute atomic E-state index is 0.118. The van der Waals surface area contributed by atoms with Gasteiger partial charge in [-0.25, -0.2) is 9.59 Å². The molecule has 8 nitrogen and oxygen atoms in total. The molecule has 8 heteroatoms. The van der Waals surface area contributed by atoms with Crippen molar-refractivity contribution in [3.63, 3.8) is 0 Å². The summed E-state index contributed by atoms with van der Waals surface area (Å²) in [5, 5.41) is 2.53. The summed E-state index contributed by atoms with van der Waals surface area (Å²) in [5.41, 5.74) is 0.210. The average Bonchev–Trinajstić information content (AvgIpc) is 2.68. The van der Waals surface area contributed by atoms with Crippen LogP contribution >= 0.6 is 0 Å². The van der Waals surface area contributed by atoms with E-state index in [2.05, 4.69) is 5.32 Å². The fourth-order valence-electron chi connectivity index (χ4n) is 2.19. The van der Waals surface area contributed by atoms with Crippen molar-refractivity contribution in [3.8, 4) is 11.5 Å². The lowest BCUT2D eigenvalue weighted by molar-refractivity contribution is -0.147. The predicted octanol–water partition coefficient (Wildman–Crippen LogP) is 1.56. The molecule has 1 rings (SSSR count). The molecule has 0 aliphatic rings. The van der Waals surface area contributed by atoms with Crippen molar-refractivity contribution in [2.45, 2.75) is 26.3 Å². The lowest BCUT2D eigenvalue weighted by Crippen LogP contribution is -2.47. The van der Waals surface area contributed by atoms with Crippen LogP contribution < -0.4 is 14.8 Å². The maximum absolute atomic E-state index is 12.1. The van der Waals surface area contributed by atoms with Crippen LogP contribution in [0.25, 0.3) is 0 Å². The Morgan fingerprint density at radius 2 is 1.73 bits per heavy atom. The number of benzene rings is 1. The zero-order valence-electron chi connectivity index (χ0n) is 15.7. The van der Waals surface area contributed by atoms with Crippen molar-refractivity contribution in [2.24, 2.45) is 5.92 Å².